The molecule has 0 aliphatic heterocycles. The smallest absolute Gasteiger partial charge is 0.169 e. The molecule has 0 unspecified atom stereocenters. The van der Waals surface area contributed by atoms with Crippen molar-refractivity contribution < 1.29 is 25.2 Å². The van der Waals surface area contributed by atoms with Gasteiger partial charge >= 0.3 is 0 Å². The molecule has 0 radical (unpaired) electrons. The minimum atomic E-state index is 0.0690. The third-order valence-electron chi connectivity index (χ3n) is 5.53. The zero-order chi connectivity index (χ0) is 23.2. The summed E-state index contributed by atoms with van der Waals surface area (Å²) in [6.45, 7) is 0. The van der Waals surface area contributed by atoms with Gasteiger partial charge in [0.25, 0.3) is 0 Å². The maximum atomic E-state index is 10.2. The van der Waals surface area contributed by atoms with E-state index in [0.717, 1.165) is 29.5 Å². The summed E-state index contributed by atoms with van der Waals surface area (Å²) in [7, 11) is 0. The molecule has 0 amide bonds. The topological polar surface area (TPSA) is 90.2 Å². The Hall–Kier alpha value is -4.12. The van der Waals surface area contributed by atoms with E-state index in [9.17, 15) is 20.4 Å². The summed E-state index contributed by atoms with van der Waals surface area (Å²) in [5.74, 6) is 1.63. The van der Waals surface area contributed by atoms with Crippen molar-refractivity contribution >= 4 is 0 Å². The molecule has 5 heteroatoms. The summed E-state index contributed by atoms with van der Waals surface area (Å²) < 4.78 is 5.91. The second-order valence-electron chi connectivity index (χ2n) is 8.03. The van der Waals surface area contributed by atoms with Crippen LogP contribution in [0.5, 0.6) is 34.5 Å². The molecule has 33 heavy (non-hydrogen) atoms. The van der Waals surface area contributed by atoms with Crippen molar-refractivity contribution in [1.29, 1.82) is 0 Å². The minimum Gasteiger partial charge on any atom is -0.508 e. The first-order valence-electron chi connectivity index (χ1n) is 10.8. The van der Waals surface area contributed by atoms with Crippen molar-refractivity contribution in [2.45, 2.75) is 25.7 Å². The molecule has 0 atom stereocenters. The Morgan fingerprint density at radius 3 is 1.91 bits per heavy atom. The zero-order valence-electron chi connectivity index (χ0n) is 18.1. The average Bonchev–Trinajstić information content (AvgIpc) is 2.81. The van der Waals surface area contributed by atoms with Gasteiger partial charge in [0.2, 0.25) is 0 Å². The Balaban J connectivity index is 1.38. The molecule has 5 nitrogen and oxygen atoms in total. The first-order chi connectivity index (χ1) is 16.0. The highest BCUT2D eigenvalue weighted by atomic mass is 16.5. The van der Waals surface area contributed by atoms with Crippen LogP contribution in [-0.4, -0.2) is 20.4 Å². The van der Waals surface area contributed by atoms with E-state index < -0.39 is 0 Å². The number of phenolic OH excluding ortho intramolecular Hbond substituents is 4. The molecule has 0 aliphatic rings. The Morgan fingerprint density at radius 1 is 0.515 bits per heavy atom. The lowest BCUT2D eigenvalue weighted by Gasteiger charge is -2.11. The van der Waals surface area contributed by atoms with Gasteiger partial charge in [0.15, 0.2) is 11.5 Å². The monoisotopic (exact) mass is 442 g/mol. The van der Waals surface area contributed by atoms with Crippen LogP contribution < -0.4 is 4.74 Å². The van der Waals surface area contributed by atoms with Crippen molar-refractivity contribution in [2.24, 2.45) is 0 Å². The van der Waals surface area contributed by atoms with Crippen LogP contribution in [0.4, 0.5) is 0 Å². The van der Waals surface area contributed by atoms with Gasteiger partial charge in [-0.3, -0.25) is 0 Å². The second-order valence-corrected chi connectivity index (χ2v) is 8.03. The van der Waals surface area contributed by atoms with Crippen LogP contribution in [0.25, 0.3) is 0 Å². The molecule has 0 spiro atoms. The van der Waals surface area contributed by atoms with Crippen molar-refractivity contribution in [3.63, 3.8) is 0 Å². The number of rotatable bonds is 8. The van der Waals surface area contributed by atoms with E-state index in [4.69, 9.17) is 4.74 Å². The maximum Gasteiger partial charge on any atom is 0.169 e. The minimum absolute atomic E-state index is 0.0690. The molecular weight excluding hydrogens is 416 g/mol. The lowest BCUT2D eigenvalue weighted by molar-refractivity contribution is 0.410. The van der Waals surface area contributed by atoms with Crippen LogP contribution in [0.15, 0.2) is 84.9 Å². The highest BCUT2D eigenvalue weighted by Crippen LogP contribution is 2.32. The lowest BCUT2D eigenvalue weighted by atomic mass is 10.0. The fraction of sp³-hybridized carbons (Fsp3) is 0.143. The predicted octanol–water partition coefficient (Wildman–Crippen LogP) is 5.87. The number of hydrogen-bond donors (Lipinski definition) is 4. The Morgan fingerprint density at radius 2 is 1.15 bits per heavy atom. The third kappa shape index (κ3) is 5.98. The maximum absolute atomic E-state index is 10.2. The van der Waals surface area contributed by atoms with E-state index in [-0.39, 0.29) is 23.0 Å². The van der Waals surface area contributed by atoms with Gasteiger partial charge < -0.3 is 25.2 Å². The van der Waals surface area contributed by atoms with E-state index in [1.165, 1.54) is 12.1 Å². The number of aryl methyl sites for hydroxylation is 4. The van der Waals surface area contributed by atoms with Gasteiger partial charge in [-0.15, -0.1) is 0 Å². The van der Waals surface area contributed by atoms with Gasteiger partial charge in [0, 0.05) is 0 Å². The largest absolute Gasteiger partial charge is 0.508 e. The molecule has 0 aromatic heterocycles. The van der Waals surface area contributed by atoms with Crippen LogP contribution >= 0.6 is 0 Å². The highest BCUT2D eigenvalue weighted by molar-refractivity contribution is 5.45. The summed E-state index contributed by atoms with van der Waals surface area (Å²) in [4.78, 5) is 0. The molecule has 4 N–H and O–H groups in total. The van der Waals surface area contributed by atoms with Crippen molar-refractivity contribution in [2.75, 3.05) is 0 Å². The summed E-state index contributed by atoms with van der Waals surface area (Å²) in [6, 6.07) is 24.6. The van der Waals surface area contributed by atoms with Crippen LogP contribution in [0, 0.1) is 0 Å². The number of benzene rings is 4. The van der Waals surface area contributed by atoms with Crippen molar-refractivity contribution in [3.8, 4) is 34.5 Å². The fourth-order valence-corrected chi connectivity index (χ4v) is 3.70. The second kappa shape index (κ2) is 10.0. The molecule has 0 aliphatic carbocycles. The molecule has 4 aromatic rings. The fourth-order valence-electron chi connectivity index (χ4n) is 3.70. The van der Waals surface area contributed by atoms with E-state index in [1.54, 1.807) is 24.3 Å². The summed E-state index contributed by atoms with van der Waals surface area (Å²) in [5.41, 5.74) is 3.82. The molecule has 4 aromatic carbocycles. The number of ether oxygens (including phenoxy) is 1. The Kier molecular flexibility index (Phi) is 6.69. The molecular formula is C28H26O5. The van der Waals surface area contributed by atoms with Gasteiger partial charge in [0.1, 0.15) is 23.0 Å². The molecule has 0 fully saturated rings. The summed E-state index contributed by atoms with van der Waals surface area (Å²) in [5, 5.41) is 39.4. The van der Waals surface area contributed by atoms with Crippen molar-refractivity contribution in [3.05, 3.63) is 107 Å². The molecule has 168 valence electrons. The predicted molar refractivity (Wildman–Crippen MR) is 127 cm³/mol. The van der Waals surface area contributed by atoms with Gasteiger partial charge in [0.05, 0.1) is 0 Å². The van der Waals surface area contributed by atoms with Crippen LogP contribution in [0.2, 0.25) is 0 Å². The van der Waals surface area contributed by atoms with Crippen molar-refractivity contribution in [1.82, 2.24) is 0 Å². The third-order valence-corrected chi connectivity index (χ3v) is 5.53. The molecule has 0 saturated heterocycles. The van der Waals surface area contributed by atoms with E-state index in [0.29, 0.717) is 29.9 Å². The van der Waals surface area contributed by atoms with E-state index in [1.807, 2.05) is 48.5 Å². The zero-order valence-corrected chi connectivity index (χ0v) is 18.1. The molecule has 0 bridgehead atoms. The molecule has 0 saturated carbocycles. The van der Waals surface area contributed by atoms with Crippen LogP contribution in [0.1, 0.15) is 22.3 Å². The normalized spacial score (nSPS) is 10.8. The summed E-state index contributed by atoms with van der Waals surface area (Å²) >= 11 is 0. The standard InChI is InChI=1S/C28H26O5/c29-23-3-1-2-20(16-23)4-5-21-9-14-27(32)28(17-21)33-25-12-7-19(8-13-25)6-10-22-18-24(30)11-15-26(22)31/h1-3,7-9,11-18,29-32H,4-6,10H2. The Labute approximate surface area is 192 Å². The number of hydrogen-bond acceptors (Lipinski definition) is 5. The SMILES string of the molecule is Oc1cccc(CCc2ccc(O)c(Oc3ccc(CCc4cc(O)ccc4O)cc3)c2)c1. The highest BCUT2D eigenvalue weighted by Gasteiger charge is 2.08. The van der Waals surface area contributed by atoms with E-state index in [2.05, 4.69) is 0 Å². The number of aromatic hydroxyl groups is 4. The molecule has 4 rings (SSSR count). The lowest BCUT2D eigenvalue weighted by Crippen LogP contribution is -1.94. The van der Waals surface area contributed by atoms with Crippen LogP contribution in [0.3, 0.4) is 0 Å². The van der Waals surface area contributed by atoms with Crippen LogP contribution in [-0.2, 0) is 25.7 Å². The molecule has 0 heterocycles. The first-order valence-corrected chi connectivity index (χ1v) is 10.8. The Bertz CT molecular complexity index is 1230. The van der Waals surface area contributed by atoms with Gasteiger partial charge in [-0.2, -0.15) is 0 Å². The van der Waals surface area contributed by atoms with Gasteiger partial charge in [-0.25, -0.2) is 0 Å². The average molecular weight is 443 g/mol. The number of phenols is 4. The van der Waals surface area contributed by atoms with Gasteiger partial charge in [-0.05, 0) is 103 Å². The van der Waals surface area contributed by atoms with E-state index >= 15 is 0 Å². The summed E-state index contributed by atoms with van der Waals surface area (Å²) in [6.07, 6.45) is 2.82. The quantitative estimate of drug-likeness (QED) is 0.256. The first kappa shape index (κ1) is 22.1. The van der Waals surface area contributed by atoms with Gasteiger partial charge in [-0.1, -0.05) is 30.3 Å².